The van der Waals surface area contributed by atoms with Gasteiger partial charge in [-0.2, -0.15) is 5.26 Å². The van der Waals surface area contributed by atoms with Crippen LogP contribution in [0.5, 0.6) is 5.75 Å². The van der Waals surface area contributed by atoms with E-state index in [-0.39, 0.29) is 5.92 Å². The molecule has 0 N–H and O–H groups in total. The third-order valence-electron chi connectivity index (χ3n) is 5.15. The van der Waals surface area contributed by atoms with Crippen molar-refractivity contribution in [3.8, 4) is 22.9 Å². The topological polar surface area (TPSA) is 58.8 Å². The van der Waals surface area contributed by atoms with E-state index < -0.39 is 0 Å². The molecule has 1 saturated carbocycles. The zero-order valence-electron chi connectivity index (χ0n) is 15.5. The summed E-state index contributed by atoms with van der Waals surface area (Å²) in [4.78, 5) is 9.19. The van der Waals surface area contributed by atoms with Crippen LogP contribution in [0, 0.1) is 17.2 Å². The van der Waals surface area contributed by atoms with Gasteiger partial charge in [0.05, 0.1) is 12.7 Å². The summed E-state index contributed by atoms with van der Waals surface area (Å²) in [7, 11) is 0. The lowest BCUT2D eigenvalue weighted by molar-refractivity contribution is 0.306. The summed E-state index contributed by atoms with van der Waals surface area (Å²) in [5.74, 6) is 2.44. The van der Waals surface area contributed by atoms with Gasteiger partial charge in [-0.05, 0) is 49.8 Å². The Kier molecular flexibility index (Phi) is 6.60. The first-order valence-corrected chi connectivity index (χ1v) is 9.75. The van der Waals surface area contributed by atoms with E-state index in [0.29, 0.717) is 5.92 Å². The number of aromatic nitrogens is 2. The van der Waals surface area contributed by atoms with Crippen LogP contribution in [0.15, 0.2) is 36.7 Å². The Bertz CT molecular complexity index is 711. The minimum absolute atomic E-state index is 0.216. The standard InChI is InChI=1S/C22H27N3O/c1-2-3-4-13-26-21-11-9-18(10-12-21)20-15-24-22(25-16-20)19-7-5-17(14-23)6-8-19/h9-12,15-17,19H,2-8,13H2,1H3. The van der Waals surface area contributed by atoms with Crippen LogP contribution < -0.4 is 4.74 Å². The van der Waals surface area contributed by atoms with Crippen LogP contribution in [-0.4, -0.2) is 16.6 Å². The van der Waals surface area contributed by atoms with Crippen molar-refractivity contribution in [1.29, 1.82) is 5.26 Å². The van der Waals surface area contributed by atoms with Crippen molar-refractivity contribution < 1.29 is 4.74 Å². The maximum Gasteiger partial charge on any atom is 0.131 e. The molecular formula is C22H27N3O. The van der Waals surface area contributed by atoms with Crippen LogP contribution in [0.25, 0.3) is 11.1 Å². The second kappa shape index (κ2) is 9.33. The Hall–Kier alpha value is -2.41. The minimum Gasteiger partial charge on any atom is -0.494 e. The van der Waals surface area contributed by atoms with E-state index in [2.05, 4.69) is 35.1 Å². The summed E-state index contributed by atoms with van der Waals surface area (Å²) in [5, 5.41) is 9.01. The van der Waals surface area contributed by atoms with Crippen LogP contribution in [0.2, 0.25) is 0 Å². The molecule has 2 aromatic rings. The molecule has 0 atom stereocenters. The van der Waals surface area contributed by atoms with Crippen LogP contribution in [0.3, 0.4) is 0 Å². The number of hydrogen-bond donors (Lipinski definition) is 0. The number of hydrogen-bond acceptors (Lipinski definition) is 4. The number of nitrogens with zero attached hydrogens (tertiary/aromatic N) is 3. The van der Waals surface area contributed by atoms with Crippen molar-refractivity contribution in [2.75, 3.05) is 6.61 Å². The van der Waals surface area contributed by atoms with Crippen molar-refractivity contribution in [3.63, 3.8) is 0 Å². The Morgan fingerprint density at radius 1 is 1.00 bits per heavy atom. The van der Waals surface area contributed by atoms with Crippen molar-refractivity contribution >= 4 is 0 Å². The van der Waals surface area contributed by atoms with Crippen molar-refractivity contribution in [1.82, 2.24) is 9.97 Å². The molecule has 4 heteroatoms. The predicted molar refractivity (Wildman–Crippen MR) is 103 cm³/mol. The lowest BCUT2D eigenvalue weighted by Crippen LogP contribution is -2.14. The smallest absolute Gasteiger partial charge is 0.131 e. The molecule has 1 aromatic heterocycles. The summed E-state index contributed by atoms with van der Waals surface area (Å²) in [6, 6.07) is 10.5. The van der Waals surface area contributed by atoms with E-state index in [1.165, 1.54) is 12.8 Å². The molecule has 136 valence electrons. The SMILES string of the molecule is CCCCCOc1ccc(-c2cnc(C3CCC(C#N)CC3)nc2)cc1. The summed E-state index contributed by atoms with van der Waals surface area (Å²) in [6.07, 6.45) is 11.3. The molecule has 0 spiro atoms. The van der Waals surface area contributed by atoms with E-state index in [0.717, 1.165) is 61.4 Å². The Morgan fingerprint density at radius 3 is 2.31 bits per heavy atom. The molecule has 1 fully saturated rings. The highest BCUT2D eigenvalue weighted by Crippen LogP contribution is 2.34. The predicted octanol–water partition coefficient (Wildman–Crippen LogP) is 5.51. The molecule has 0 saturated heterocycles. The highest BCUT2D eigenvalue weighted by atomic mass is 16.5. The molecule has 1 heterocycles. The van der Waals surface area contributed by atoms with E-state index in [9.17, 15) is 0 Å². The second-order valence-corrected chi connectivity index (χ2v) is 7.09. The summed E-state index contributed by atoms with van der Waals surface area (Å²) in [6.45, 7) is 2.97. The van der Waals surface area contributed by atoms with Crippen LogP contribution in [-0.2, 0) is 0 Å². The molecule has 0 aliphatic heterocycles. The maximum absolute atomic E-state index is 9.01. The molecule has 1 aliphatic rings. The van der Waals surface area contributed by atoms with Gasteiger partial charge in [0, 0.05) is 29.8 Å². The highest BCUT2D eigenvalue weighted by molar-refractivity contribution is 5.62. The first-order chi connectivity index (χ1) is 12.8. The molecule has 0 radical (unpaired) electrons. The first-order valence-electron chi connectivity index (χ1n) is 9.75. The summed E-state index contributed by atoms with van der Waals surface area (Å²) in [5.41, 5.74) is 2.13. The third-order valence-corrected chi connectivity index (χ3v) is 5.15. The molecule has 0 bridgehead atoms. The van der Waals surface area contributed by atoms with Gasteiger partial charge in [-0.25, -0.2) is 9.97 Å². The molecule has 3 rings (SSSR count). The van der Waals surface area contributed by atoms with Crippen LogP contribution in [0.1, 0.15) is 63.6 Å². The largest absolute Gasteiger partial charge is 0.494 e. The molecule has 4 nitrogen and oxygen atoms in total. The maximum atomic E-state index is 9.01. The van der Waals surface area contributed by atoms with E-state index in [4.69, 9.17) is 10.00 Å². The second-order valence-electron chi connectivity index (χ2n) is 7.09. The number of rotatable bonds is 7. The Morgan fingerprint density at radius 2 is 1.69 bits per heavy atom. The van der Waals surface area contributed by atoms with Gasteiger partial charge in [0.2, 0.25) is 0 Å². The van der Waals surface area contributed by atoms with Crippen molar-refractivity contribution in [3.05, 3.63) is 42.5 Å². The first kappa shape index (κ1) is 18.4. The molecule has 26 heavy (non-hydrogen) atoms. The molecule has 1 aliphatic carbocycles. The number of benzene rings is 1. The van der Waals surface area contributed by atoms with Crippen molar-refractivity contribution in [2.45, 2.75) is 57.8 Å². The minimum atomic E-state index is 0.216. The fourth-order valence-corrected chi connectivity index (χ4v) is 3.46. The monoisotopic (exact) mass is 349 g/mol. The lowest BCUT2D eigenvalue weighted by Gasteiger charge is -2.23. The van der Waals surface area contributed by atoms with Gasteiger partial charge in [0.1, 0.15) is 11.6 Å². The molecule has 1 aromatic carbocycles. The average molecular weight is 349 g/mol. The molecule has 0 amide bonds. The Labute approximate surface area is 156 Å². The van der Waals surface area contributed by atoms with Gasteiger partial charge in [0.15, 0.2) is 0 Å². The average Bonchev–Trinajstić information content (AvgIpc) is 2.72. The fourth-order valence-electron chi connectivity index (χ4n) is 3.46. The van der Waals surface area contributed by atoms with Crippen LogP contribution in [0.4, 0.5) is 0 Å². The zero-order chi connectivity index (χ0) is 18.2. The molecule has 0 unspecified atom stereocenters. The van der Waals surface area contributed by atoms with E-state index in [1.54, 1.807) is 0 Å². The van der Waals surface area contributed by atoms with Gasteiger partial charge in [0.25, 0.3) is 0 Å². The van der Waals surface area contributed by atoms with Gasteiger partial charge in [-0.3, -0.25) is 0 Å². The van der Waals surface area contributed by atoms with Crippen molar-refractivity contribution in [2.24, 2.45) is 5.92 Å². The van der Waals surface area contributed by atoms with E-state index in [1.807, 2.05) is 24.5 Å². The molecular weight excluding hydrogens is 322 g/mol. The number of ether oxygens (including phenoxy) is 1. The van der Waals surface area contributed by atoms with Gasteiger partial charge < -0.3 is 4.74 Å². The zero-order valence-corrected chi connectivity index (χ0v) is 15.5. The van der Waals surface area contributed by atoms with Crippen LogP contribution >= 0.6 is 0 Å². The van der Waals surface area contributed by atoms with E-state index >= 15 is 0 Å². The lowest BCUT2D eigenvalue weighted by atomic mass is 9.82. The third kappa shape index (κ3) is 4.82. The number of nitriles is 1. The fraction of sp³-hybridized carbons (Fsp3) is 0.500. The van der Waals surface area contributed by atoms with Gasteiger partial charge in [-0.1, -0.05) is 31.9 Å². The number of unbranched alkanes of at least 4 members (excludes halogenated alkanes) is 2. The normalized spacial score (nSPS) is 19.7. The van der Waals surface area contributed by atoms with Gasteiger partial charge >= 0.3 is 0 Å². The summed E-state index contributed by atoms with van der Waals surface area (Å²) < 4.78 is 5.76. The Balaban J connectivity index is 1.57. The quantitative estimate of drug-likeness (QED) is 0.618. The van der Waals surface area contributed by atoms with Gasteiger partial charge in [-0.15, -0.1) is 0 Å². The summed E-state index contributed by atoms with van der Waals surface area (Å²) >= 11 is 0. The highest BCUT2D eigenvalue weighted by Gasteiger charge is 2.23.